The van der Waals surface area contributed by atoms with Gasteiger partial charge in [0, 0.05) is 26.0 Å². The zero-order chi connectivity index (χ0) is 18.4. The van der Waals surface area contributed by atoms with Crippen LogP contribution in [0.4, 0.5) is 0 Å². The summed E-state index contributed by atoms with van der Waals surface area (Å²) >= 11 is 0. The van der Waals surface area contributed by atoms with Crippen LogP contribution in [0.1, 0.15) is 27.4 Å². The van der Waals surface area contributed by atoms with Crippen LogP contribution in [0, 0.1) is 11.3 Å². The van der Waals surface area contributed by atoms with Gasteiger partial charge in [0.1, 0.15) is 24.2 Å². The van der Waals surface area contributed by atoms with Crippen molar-refractivity contribution in [3.63, 3.8) is 0 Å². The van der Waals surface area contributed by atoms with Gasteiger partial charge in [-0.25, -0.2) is 0 Å². The van der Waals surface area contributed by atoms with Crippen molar-refractivity contribution in [3.05, 3.63) is 83.6 Å². The molecule has 0 aliphatic rings. The van der Waals surface area contributed by atoms with Crippen LogP contribution in [-0.4, -0.2) is 22.8 Å². The zero-order valence-electron chi connectivity index (χ0n) is 14.3. The van der Waals surface area contributed by atoms with Crippen molar-refractivity contribution in [2.75, 3.05) is 7.05 Å². The van der Waals surface area contributed by atoms with Gasteiger partial charge in [-0.2, -0.15) is 5.26 Å². The molecule has 0 atom stereocenters. The van der Waals surface area contributed by atoms with Crippen molar-refractivity contribution in [1.82, 2.24) is 9.88 Å². The number of benzene rings is 1. The number of carbonyl (C=O) groups is 1. The Balaban J connectivity index is 1.62. The number of nitriles is 1. The van der Waals surface area contributed by atoms with Gasteiger partial charge in [-0.15, -0.1) is 0 Å². The molecule has 0 aliphatic carbocycles. The number of rotatable bonds is 6. The van der Waals surface area contributed by atoms with Crippen LogP contribution in [0.5, 0.6) is 5.75 Å². The van der Waals surface area contributed by atoms with E-state index in [-0.39, 0.29) is 18.3 Å². The molecule has 1 amide bonds. The minimum Gasteiger partial charge on any atom is -0.484 e. The standard InChI is InChI=1S/C20H17N3O3/c1-23(13-15-8-10-22-11-9-15)20(24)19-7-6-17(26-19)14-25-18-5-3-2-4-16(18)12-21/h2-11H,13-14H2,1H3. The van der Waals surface area contributed by atoms with Gasteiger partial charge in [-0.05, 0) is 42.0 Å². The molecule has 0 fully saturated rings. The highest BCUT2D eigenvalue weighted by atomic mass is 16.5. The van der Waals surface area contributed by atoms with Gasteiger partial charge in [0.05, 0.1) is 5.56 Å². The fraction of sp³-hybridized carbons (Fsp3) is 0.150. The quantitative estimate of drug-likeness (QED) is 0.683. The summed E-state index contributed by atoms with van der Waals surface area (Å²) < 4.78 is 11.2. The normalized spacial score (nSPS) is 10.2. The Morgan fingerprint density at radius 3 is 2.73 bits per heavy atom. The minimum atomic E-state index is -0.217. The summed E-state index contributed by atoms with van der Waals surface area (Å²) in [5.74, 6) is 1.02. The van der Waals surface area contributed by atoms with E-state index < -0.39 is 0 Å². The van der Waals surface area contributed by atoms with Crippen molar-refractivity contribution in [2.24, 2.45) is 0 Å². The van der Waals surface area contributed by atoms with E-state index in [9.17, 15) is 4.79 Å². The lowest BCUT2D eigenvalue weighted by atomic mass is 10.2. The molecule has 0 spiro atoms. The molecule has 6 nitrogen and oxygen atoms in total. The van der Waals surface area contributed by atoms with Crippen LogP contribution in [0.25, 0.3) is 0 Å². The molecule has 0 unspecified atom stereocenters. The maximum atomic E-state index is 12.5. The molecule has 2 aromatic heterocycles. The lowest BCUT2D eigenvalue weighted by molar-refractivity contribution is 0.0749. The summed E-state index contributed by atoms with van der Waals surface area (Å²) in [5.41, 5.74) is 1.44. The number of hydrogen-bond acceptors (Lipinski definition) is 5. The zero-order valence-corrected chi connectivity index (χ0v) is 14.3. The number of hydrogen-bond donors (Lipinski definition) is 0. The van der Waals surface area contributed by atoms with Crippen LogP contribution in [-0.2, 0) is 13.2 Å². The number of amides is 1. The third kappa shape index (κ3) is 4.08. The Kier molecular flexibility index (Phi) is 5.30. The third-order valence-electron chi connectivity index (χ3n) is 3.77. The fourth-order valence-corrected chi connectivity index (χ4v) is 2.43. The molecule has 0 radical (unpaired) electrons. The molecular formula is C20H17N3O3. The summed E-state index contributed by atoms with van der Waals surface area (Å²) in [7, 11) is 1.71. The first kappa shape index (κ1) is 17.2. The molecule has 26 heavy (non-hydrogen) atoms. The summed E-state index contributed by atoms with van der Waals surface area (Å²) in [6, 6.07) is 16.1. The van der Waals surface area contributed by atoms with Crippen molar-refractivity contribution < 1.29 is 13.9 Å². The average molecular weight is 347 g/mol. The SMILES string of the molecule is CN(Cc1ccncc1)C(=O)c1ccc(COc2ccccc2C#N)o1. The number of pyridine rings is 1. The Hall–Kier alpha value is -3.59. The molecular weight excluding hydrogens is 330 g/mol. The van der Waals surface area contributed by atoms with Crippen LogP contribution in [0.3, 0.4) is 0 Å². The molecule has 0 aliphatic heterocycles. The minimum absolute atomic E-state index is 0.139. The van der Waals surface area contributed by atoms with Crippen LogP contribution in [0.15, 0.2) is 65.3 Å². The molecule has 3 rings (SSSR count). The molecule has 130 valence electrons. The van der Waals surface area contributed by atoms with Gasteiger partial charge in [-0.1, -0.05) is 12.1 Å². The first-order chi connectivity index (χ1) is 12.7. The Labute approximate surface area is 151 Å². The molecule has 2 heterocycles. The van der Waals surface area contributed by atoms with Crippen molar-refractivity contribution in [2.45, 2.75) is 13.2 Å². The van der Waals surface area contributed by atoms with Gasteiger partial charge >= 0.3 is 0 Å². The number of aromatic nitrogens is 1. The van der Waals surface area contributed by atoms with Gasteiger partial charge in [0.2, 0.25) is 0 Å². The lowest BCUT2D eigenvalue weighted by Gasteiger charge is -2.15. The average Bonchev–Trinajstić information content (AvgIpc) is 3.15. The highest BCUT2D eigenvalue weighted by molar-refractivity contribution is 5.91. The Morgan fingerprint density at radius 2 is 1.96 bits per heavy atom. The summed E-state index contributed by atoms with van der Waals surface area (Å²) in [6.07, 6.45) is 3.38. The molecule has 0 saturated carbocycles. The van der Waals surface area contributed by atoms with E-state index in [0.29, 0.717) is 23.6 Å². The van der Waals surface area contributed by atoms with E-state index in [1.165, 1.54) is 0 Å². The van der Waals surface area contributed by atoms with Crippen LogP contribution in [0.2, 0.25) is 0 Å². The second-order valence-electron chi connectivity index (χ2n) is 5.68. The highest BCUT2D eigenvalue weighted by Crippen LogP contribution is 2.19. The van der Waals surface area contributed by atoms with E-state index in [1.807, 2.05) is 12.1 Å². The van der Waals surface area contributed by atoms with E-state index in [4.69, 9.17) is 14.4 Å². The summed E-state index contributed by atoms with van der Waals surface area (Å²) in [6.45, 7) is 0.601. The van der Waals surface area contributed by atoms with E-state index >= 15 is 0 Å². The molecule has 0 N–H and O–H groups in total. The molecule has 1 aromatic carbocycles. The second kappa shape index (κ2) is 7.99. The predicted octanol–water partition coefficient (Wildman–Crippen LogP) is 3.40. The second-order valence-corrected chi connectivity index (χ2v) is 5.68. The Bertz CT molecular complexity index is 929. The van der Waals surface area contributed by atoms with Gasteiger partial charge in [-0.3, -0.25) is 9.78 Å². The lowest BCUT2D eigenvalue weighted by Crippen LogP contribution is -2.25. The van der Waals surface area contributed by atoms with Crippen molar-refractivity contribution in [3.8, 4) is 11.8 Å². The van der Waals surface area contributed by atoms with Gasteiger partial charge < -0.3 is 14.1 Å². The smallest absolute Gasteiger partial charge is 0.289 e. The van der Waals surface area contributed by atoms with Crippen LogP contribution < -0.4 is 4.74 Å². The largest absolute Gasteiger partial charge is 0.484 e. The number of furan rings is 1. The van der Waals surface area contributed by atoms with Gasteiger partial charge in [0.25, 0.3) is 5.91 Å². The topological polar surface area (TPSA) is 79.4 Å². The highest BCUT2D eigenvalue weighted by Gasteiger charge is 2.16. The van der Waals surface area contributed by atoms with E-state index in [0.717, 1.165) is 5.56 Å². The summed E-state index contributed by atoms with van der Waals surface area (Å²) in [5, 5.41) is 9.07. The number of nitrogens with zero attached hydrogens (tertiary/aromatic N) is 3. The maximum Gasteiger partial charge on any atom is 0.289 e. The predicted molar refractivity (Wildman–Crippen MR) is 94.2 cm³/mol. The van der Waals surface area contributed by atoms with E-state index in [2.05, 4.69) is 11.1 Å². The molecule has 0 bridgehead atoms. The number of para-hydroxylation sites is 1. The third-order valence-corrected chi connectivity index (χ3v) is 3.77. The fourth-order valence-electron chi connectivity index (χ4n) is 2.43. The molecule has 3 aromatic rings. The molecule has 0 saturated heterocycles. The number of ether oxygens (including phenoxy) is 1. The molecule has 6 heteroatoms. The summed E-state index contributed by atoms with van der Waals surface area (Å²) in [4.78, 5) is 18.0. The Morgan fingerprint density at radius 1 is 1.19 bits per heavy atom. The first-order valence-corrected chi connectivity index (χ1v) is 8.02. The van der Waals surface area contributed by atoms with Crippen LogP contribution >= 0.6 is 0 Å². The van der Waals surface area contributed by atoms with Gasteiger partial charge in [0.15, 0.2) is 5.76 Å². The van der Waals surface area contributed by atoms with Crippen molar-refractivity contribution >= 4 is 5.91 Å². The van der Waals surface area contributed by atoms with E-state index in [1.54, 1.807) is 60.7 Å². The monoisotopic (exact) mass is 347 g/mol. The van der Waals surface area contributed by atoms with Crippen molar-refractivity contribution in [1.29, 1.82) is 5.26 Å². The first-order valence-electron chi connectivity index (χ1n) is 8.02. The maximum absolute atomic E-state index is 12.5. The number of carbonyl (C=O) groups excluding carboxylic acids is 1.